The quantitative estimate of drug-likeness (QED) is 0.863. The summed E-state index contributed by atoms with van der Waals surface area (Å²) in [7, 11) is 0. The van der Waals surface area contributed by atoms with Gasteiger partial charge in [-0.25, -0.2) is 0 Å². The minimum atomic E-state index is 0.597. The number of hydrogen-bond acceptors (Lipinski definition) is 3. The van der Waals surface area contributed by atoms with Crippen molar-refractivity contribution in [2.45, 2.75) is 32.2 Å². The summed E-state index contributed by atoms with van der Waals surface area (Å²) in [5.74, 6) is 1.95. The summed E-state index contributed by atoms with van der Waals surface area (Å²) in [4.78, 5) is 2.66. The molecule has 1 aliphatic carbocycles. The Balaban J connectivity index is 1.72. The monoisotopic (exact) mass is 274 g/mol. The van der Waals surface area contributed by atoms with E-state index in [2.05, 4.69) is 34.5 Å². The molecule has 0 spiro atoms. The molecule has 1 saturated heterocycles. The first-order chi connectivity index (χ1) is 9.86. The minimum absolute atomic E-state index is 0.597. The van der Waals surface area contributed by atoms with Crippen LogP contribution in [-0.4, -0.2) is 37.7 Å². The topological polar surface area (TPSA) is 24.5 Å². The van der Waals surface area contributed by atoms with Crippen molar-refractivity contribution in [3.8, 4) is 5.75 Å². The lowest BCUT2D eigenvalue weighted by molar-refractivity contribution is 0.160. The van der Waals surface area contributed by atoms with Gasteiger partial charge in [-0.05, 0) is 37.0 Å². The second kappa shape index (κ2) is 6.59. The van der Waals surface area contributed by atoms with E-state index in [1.165, 1.54) is 37.9 Å². The van der Waals surface area contributed by atoms with Crippen molar-refractivity contribution in [3.63, 3.8) is 0 Å². The SMILES string of the molecule is CCOc1ccc([C@@H](CC2CC2)N2CCNCC2)cc1. The van der Waals surface area contributed by atoms with Crippen molar-refractivity contribution in [2.75, 3.05) is 32.8 Å². The van der Waals surface area contributed by atoms with Crippen LogP contribution in [0.5, 0.6) is 5.75 Å². The summed E-state index contributed by atoms with van der Waals surface area (Å²) in [5, 5.41) is 3.45. The van der Waals surface area contributed by atoms with Gasteiger partial charge in [-0.3, -0.25) is 4.90 Å². The van der Waals surface area contributed by atoms with Gasteiger partial charge in [0.15, 0.2) is 0 Å². The van der Waals surface area contributed by atoms with Crippen LogP contribution in [0.15, 0.2) is 24.3 Å². The van der Waals surface area contributed by atoms with E-state index >= 15 is 0 Å². The van der Waals surface area contributed by atoms with Crippen molar-refractivity contribution in [3.05, 3.63) is 29.8 Å². The van der Waals surface area contributed by atoms with E-state index in [1.807, 2.05) is 6.92 Å². The highest BCUT2D eigenvalue weighted by atomic mass is 16.5. The molecular weight excluding hydrogens is 248 g/mol. The zero-order chi connectivity index (χ0) is 13.8. The van der Waals surface area contributed by atoms with Gasteiger partial charge in [0.1, 0.15) is 5.75 Å². The first-order valence-electron chi connectivity index (χ1n) is 8.04. The largest absolute Gasteiger partial charge is 0.494 e. The molecule has 110 valence electrons. The molecule has 0 unspecified atom stereocenters. The van der Waals surface area contributed by atoms with Gasteiger partial charge >= 0.3 is 0 Å². The summed E-state index contributed by atoms with van der Waals surface area (Å²) in [5.41, 5.74) is 1.46. The van der Waals surface area contributed by atoms with E-state index in [0.717, 1.165) is 31.4 Å². The second-order valence-corrected chi connectivity index (χ2v) is 5.98. The Bertz CT molecular complexity index is 408. The number of nitrogens with one attached hydrogen (secondary N) is 1. The van der Waals surface area contributed by atoms with Crippen LogP contribution in [0.2, 0.25) is 0 Å². The Hall–Kier alpha value is -1.06. The molecule has 0 bridgehead atoms. The molecule has 0 amide bonds. The Morgan fingerprint density at radius 1 is 1.20 bits per heavy atom. The maximum atomic E-state index is 5.56. The van der Waals surface area contributed by atoms with Crippen LogP contribution in [0, 0.1) is 5.92 Å². The zero-order valence-corrected chi connectivity index (χ0v) is 12.5. The van der Waals surface area contributed by atoms with Crippen molar-refractivity contribution >= 4 is 0 Å². The molecule has 2 aliphatic rings. The third kappa shape index (κ3) is 3.53. The molecule has 1 N–H and O–H groups in total. The highest BCUT2D eigenvalue weighted by Crippen LogP contribution is 2.40. The molecule has 1 saturated carbocycles. The zero-order valence-electron chi connectivity index (χ0n) is 12.5. The van der Waals surface area contributed by atoms with Crippen LogP contribution >= 0.6 is 0 Å². The first-order valence-corrected chi connectivity index (χ1v) is 8.04. The molecule has 1 aromatic carbocycles. The lowest BCUT2D eigenvalue weighted by atomic mass is 9.98. The van der Waals surface area contributed by atoms with Gasteiger partial charge in [-0.15, -0.1) is 0 Å². The van der Waals surface area contributed by atoms with Crippen molar-refractivity contribution in [1.82, 2.24) is 10.2 Å². The Morgan fingerprint density at radius 3 is 2.50 bits per heavy atom. The average Bonchev–Trinajstić information content (AvgIpc) is 3.31. The molecule has 3 heteroatoms. The maximum absolute atomic E-state index is 5.56. The Morgan fingerprint density at radius 2 is 1.90 bits per heavy atom. The van der Waals surface area contributed by atoms with Crippen LogP contribution in [0.4, 0.5) is 0 Å². The highest BCUT2D eigenvalue weighted by Gasteiger charge is 2.30. The van der Waals surface area contributed by atoms with Crippen LogP contribution in [0.1, 0.15) is 37.8 Å². The van der Waals surface area contributed by atoms with E-state index in [9.17, 15) is 0 Å². The maximum Gasteiger partial charge on any atom is 0.119 e. The smallest absolute Gasteiger partial charge is 0.119 e. The third-order valence-corrected chi connectivity index (χ3v) is 4.42. The molecule has 0 aromatic heterocycles. The van der Waals surface area contributed by atoms with Gasteiger partial charge in [-0.1, -0.05) is 25.0 Å². The fourth-order valence-corrected chi connectivity index (χ4v) is 3.11. The minimum Gasteiger partial charge on any atom is -0.494 e. The number of hydrogen-bond donors (Lipinski definition) is 1. The van der Waals surface area contributed by atoms with Gasteiger partial charge in [-0.2, -0.15) is 0 Å². The van der Waals surface area contributed by atoms with Crippen LogP contribution < -0.4 is 10.1 Å². The van der Waals surface area contributed by atoms with E-state index in [4.69, 9.17) is 4.74 Å². The molecule has 1 aliphatic heterocycles. The van der Waals surface area contributed by atoms with Gasteiger partial charge in [0.05, 0.1) is 6.61 Å². The summed E-state index contributed by atoms with van der Waals surface area (Å²) in [6.45, 7) is 7.36. The molecule has 3 rings (SSSR count). The molecule has 0 radical (unpaired) electrons. The molecule has 2 fully saturated rings. The standard InChI is InChI=1S/C17H26N2O/c1-2-20-16-7-5-15(6-8-16)17(13-14-3-4-14)19-11-9-18-10-12-19/h5-8,14,17-18H,2-4,9-13H2,1H3/t17-/m1/s1. The van der Waals surface area contributed by atoms with Crippen molar-refractivity contribution in [1.29, 1.82) is 0 Å². The Labute approximate surface area is 122 Å². The molecule has 1 heterocycles. The second-order valence-electron chi connectivity index (χ2n) is 5.98. The first kappa shape index (κ1) is 13.9. The highest BCUT2D eigenvalue weighted by molar-refractivity contribution is 5.29. The van der Waals surface area contributed by atoms with E-state index < -0.39 is 0 Å². The van der Waals surface area contributed by atoms with Crippen LogP contribution in [-0.2, 0) is 0 Å². The summed E-state index contributed by atoms with van der Waals surface area (Å²) in [6, 6.07) is 9.38. The van der Waals surface area contributed by atoms with Crippen LogP contribution in [0.25, 0.3) is 0 Å². The number of nitrogens with zero attached hydrogens (tertiary/aromatic N) is 1. The van der Waals surface area contributed by atoms with Crippen molar-refractivity contribution in [2.24, 2.45) is 5.92 Å². The molecule has 1 aromatic rings. The predicted molar refractivity (Wildman–Crippen MR) is 82.1 cm³/mol. The molecule has 20 heavy (non-hydrogen) atoms. The van der Waals surface area contributed by atoms with Gasteiger partial charge < -0.3 is 10.1 Å². The summed E-state index contributed by atoms with van der Waals surface area (Å²) < 4.78 is 5.56. The molecular formula is C17H26N2O. The summed E-state index contributed by atoms with van der Waals surface area (Å²) >= 11 is 0. The summed E-state index contributed by atoms with van der Waals surface area (Å²) in [6.07, 6.45) is 4.19. The van der Waals surface area contributed by atoms with Gasteiger partial charge in [0.25, 0.3) is 0 Å². The van der Waals surface area contributed by atoms with E-state index in [-0.39, 0.29) is 0 Å². The number of ether oxygens (including phenoxy) is 1. The fourth-order valence-electron chi connectivity index (χ4n) is 3.11. The fraction of sp³-hybridized carbons (Fsp3) is 0.647. The number of rotatable bonds is 6. The third-order valence-electron chi connectivity index (χ3n) is 4.42. The Kier molecular flexibility index (Phi) is 4.58. The number of benzene rings is 1. The van der Waals surface area contributed by atoms with Crippen molar-refractivity contribution < 1.29 is 4.74 Å². The predicted octanol–water partition coefficient (Wildman–Crippen LogP) is 2.83. The lowest BCUT2D eigenvalue weighted by Crippen LogP contribution is -2.45. The van der Waals surface area contributed by atoms with Gasteiger partial charge in [0.2, 0.25) is 0 Å². The van der Waals surface area contributed by atoms with Crippen LogP contribution in [0.3, 0.4) is 0 Å². The normalized spacial score (nSPS) is 21.6. The number of piperazine rings is 1. The lowest BCUT2D eigenvalue weighted by Gasteiger charge is -2.35. The average molecular weight is 274 g/mol. The van der Waals surface area contributed by atoms with E-state index in [0.29, 0.717) is 6.04 Å². The van der Waals surface area contributed by atoms with Gasteiger partial charge in [0, 0.05) is 32.2 Å². The molecule has 1 atom stereocenters. The van der Waals surface area contributed by atoms with E-state index in [1.54, 1.807) is 0 Å². The molecule has 3 nitrogen and oxygen atoms in total.